The van der Waals surface area contributed by atoms with Gasteiger partial charge in [-0.2, -0.15) is 0 Å². The number of nitrogens with zero attached hydrogens (tertiary/aromatic N) is 1. The zero-order valence-corrected chi connectivity index (χ0v) is 15.1. The molecule has 122 valence electrons. The molecule has 2 rings (SSSR count). The van der Waals surface area contributed by atoms with Crippen molar-refractivity contribution in [3.05, 3.63) is 27.7 Å². The van der Waals surface area contributed by atoms with Gasteiger partial charge in [-0.3, -0.25) is 4.79 Å². The Labute approximate surface area is 145 Å². The molecule has 1 aliphatic rings. The molecule has 0 bridgehead atoms. The number of ether oxygens (including phenoxy) is 1. The number of carbonyl (C=O) groups excluding carboxylic acids is 1. The number of halogens is 2. The van der Waals surface area contributed by atoms with Gasteiger partial charge in [-0.1, -0.05) is 11.6 Å². The third-order valence-electron chi connectivity index (χ3n) is 4.02. The molecule has 0 radical (unpaired) electrons. The summed E-state index contributed by atoms with van der Waals surface area (Å²) in [5.74, 6) is 1.24. The second-order valence-corrected chi connectivity index (χ2v) is 7.07. The molecule has 6 heteroatoms. The van der Waals surface area contributed by atoms with E-state index in [1.54, 1.807) is 18.2 Å². The van der Waals surface area contributed by atoms with Crippen molar-refractivity contribution >= 4 is 33.4 Å². The highest BCUT2D eigenvalue weighted by atomic mass is 79.9. The topological polar surface area (TPSA) is 55.6 Å². The standard InChI is InChI=1S/C16H22BrClN2O2/c1-11(19)12-3-2-7-20(10-12)16(21)6-8-22-15-5-4-13(18)9-14(15)17/h4-5,9,11-12H,2-3,6-8,10,19H2,1H3/t11-,12-/m1/s1. The van der Waals surface area contributed by atoms with Crippen molar-refractivity contribution in [2.45, 2.75) is 32.2 Å². The van der Waals surface area contributed by atoms with Crippen molar-refractivity contribution in [1.82, 2.24) is 4.90 Å². The van der Waals surface area contributed by atoms with E-state index >= 15 is 0 Å². The fourth-order valence-corrected chi connectivity index (χ4v) is 3.46. The van der Waals surface area contributed by atoms with E-state index in [0.717, 1.165) is 30.4 Å². The summed E-state index contributed by atoms with van der Waals surface area (Å²) in [6.45, 7) is 3.96. The minimum absolute atomic E-state index is 0.135. The van der Waals surface area contributed by atoms with Crippen LogP contribution < -0.4 is 10.5 Å². The van der Waals surface area contributed by atoms with Gasteiger partial charge in [0.1, 0.15) is 5.75 Å². The summed E-state index contributed by atoms with van der Waals surface area (Å²) < 4.78 is 6.44. The van der Waals surface area contributed by atoms with E-state index in [-0.39, 0.29) is 11.9 Å². The van der Waals surface area contributed by atoms with Gasteiger partial charge in [-0.25, -0.2) is 0 Å². The Morgan fingerprint density at radius 1 is 1.59 bits per heavy atom. The van der Waals surface area contributed by atoms with Crippen LogP contribution in [-0.4, -0.2) is 36.5 Å². The summed E-state index contributed by atoms with van der Waals surface area (Å²) in [6.07, 6.45) is 2.51. The number of benzene rings is 1. The minimum Gasteiger partial charge on any atom is -0.492 e. The molecule has 4 nitrogen and oxygen atoms in total. The lowest BCUT2D eigenvalue weighted by atomic mass is 9.92. The van der Waals surface area contributed by atoms with E-state index < -0.39 is 0 Å². The number of rotatable bonds is 5. The van der Waals surface area contributed by atoms with Gasteiger partial charge in [0, 0.05) is 24.2 Å². The predicted octanol–water partition coefficient (Wildman–Crippen LogP) is 3.46. The Balaban J connectivity index is 1.80. The Hall–Kier alpha value is -0.780. The zero-order chi connectivity index (χ0) is 16.1. The van der Waals surface area contributed by atoms with Crippen molar-refractivity contribution in [2.24, 2.45) is 11.7 Å². The first-order valence-electron chi connectivity index (χ1n) is 7.58. The Morgan fingerprint density at radius 2 is 2.36 bits per heavy atom. The highest BCUT2D eigenvalue weighted by molar-refractivity contribution is 9.10. The van der Waals surface area contributed by atoms with Crippen LogP contribution >= 0.6 is 27.5 Å². The Bertz CT molecular complexity index is 525. The lowest BCUT2D eigenvalue weighted by Gasteiger charge is -2.34. The van der Waals surface area contributed by atoms with E-state index in [9.17, 15) is 4.79 Å². The van der Waals surface area contributed by atoms with Crippen LogP contribution in [0.2, 0.25) is 5.02 Å². The number of likely N-dealkylation sites (tertiary alicyclic amines) is 1. The molecule has 2 atom stereocenters. The van der Waals surface area contributed by atoms with Gasteiger partial charge in [0.15, 0.2) is 0 Å². The molecule has 22 heavy (non-hydrogen) atoms. The molecule has 1 heterocycles. The quantitative estimate of drug-likeness (QED) is 0.839. The molecule has 1 aliphatic heterocycles. The smallest absolute Gasteiger partial charge is 0.226 e. The van der Waals surface area contributed by atoms with E-state index in [4.69, 9.17) is 22.1 Å². The van der Waals surface area contributed by atoms with Crippen molar-refractivity contribution in [3.63, 3.8) is 0 Å². The molecule has 1 amide bonds. The third-order valence-corrected chi connectivity index (χ3v) is 4.88. The number of amides is 1. The highest BCUT2D eigenvalue weighted by Gasteiger charge is 2.25. The lowest BCUT2D eigenvalue weighted by Crippen LogP contribution is -2.45. The maximum Gasteiger partial charge on any atom is 0.226 e. The number of carbonyl (C=O) groups is 1. The van der Waals surface area contributed by atoms with Gasteiger partial charge in [0.25, 0.3) is 0 Å². The second-order valence-electron chi connectivity index (χ2n) is 5.77. The molecule has 0 saturated carbocycles. The Kier molecular flexibility index (Phi) is 6.53. The molecule has 1 saturated heterocycles. The van der Waals surface area contributed by atoms with Crippen LogP contribution in [0, 0.1) is 5.92 Å². The maximum absolute atomic E-state index is 12.3. The van der Waals surface area contributed by atoms with Crippen LogP contribution in [0.5, 0.6) is 5.75 Å². The summed E-state index contributed by atoms with van der Waals surface area (Å²) in [4.78, 5) is 14.2. The minimum atomic E-state index is 0.135. The van der Waals surface area contributed by atoms with Crippen molar-refractivity contribution in [1.29, 1.82) is 0 Å². The van der Waals surface area contributed by atoms with Crippen molar-refractivity contribution < 1.29 is 9.53 Å². The van der Waals surface area contributed by atoms with Crippen LogP contribution in [0.25, 0.3) is 0 Å². The van der Waals surface area contributed by atoms with Crippen LogP contribution in [-0.2, 0) is 4.79 Å². The van der Waals surface area contributed by atoms with E-state index in [1.807, 2.05) is 11.8 Å². The molecular weight excluding hydrogens is 368 g/mol. The van der Waals surface area contributed by atoms with Gasteiger partial charge < -0.3 is 15.4 Å². The molecule has 0 unspecified atom stereocenters. The number of hydrogen-bond donors (Lipinski definition) is 1. The average Bonchev–Trinajstić information content (AvgIpc) is 2.49. The first kappa shape index (κ1) is 17.6. The second kappa shape index (κ2) is 8.18. The van der Waals surface area contributed by atoms with Gasteiger partial charge in [0.2, 0.25) is 5.91 Å². The molecule has 0 aromatic heterocycles. The average molecular weight is 390 g/mol. The van der Waals surface area contributed by atoms with Crippen LogP contribution in [0.15, 0.2) is 22.7 Å². The molecule has 0 aliphatic carbocycles. The first-order valence-corrected chi connectivity index (χ1v) is 8.75. The van der Waals surface area contributed by atoms with Gasteiger partial charge in [-0.05, 0) is 59.8 Å². The predicted molar refractivity (Wildman–Crippen MR) is 92.2 cm³/mol. The lowest BCUT2D eigenvalue weighted by molar-refractivity contribution is -0.133. The van der Waals surface area contributed by atoms with Crippen molar-refractivity contribution in [2.75, 3.05) is 19.7 Å². The van der Waals surface area contributed by atoms with Gasteiger partial charge >= 0.3 is 0 Å². The highest BCUT2D eigenvalue weighted by Crippen LogP contribution is 2.28. The maximum atomic E-state index is 12.3. The molecule has 1 fully saturated rings. The number of nitrogens with two attached hydrogens (primary N) is 1. The molecule has 2 N–H and O–H groups in total. The fraction of sp³-hybridized carbons (Fsp3) is 0.562. The number of hydrogen-bond acceptors (Lipinski definition) is 3. The van der Waals surface area contributed by atoms with E-state index in [2.05, 4.69) is 15.9 Å². The third kappa shape index (κ3) is 4.86. The summed E-state index contributed by atoms with van der Waals surface area (Å²) in [6, 6.07) is 5.47. The summed E-state index contributed by atoms with van der Waals surface area (Å²) in [7, 11) is 0. The molecule has 1 aromatic rings. The zero-order valence-electron chi connectivity index (χ0n) is 12.7. The van der Waals surface area contributed by atoms with Crippen LogP contribution in [0.1, 0.15) is 26.2 Å². The molecule has 1 aromatic carbocycles. The summed E-state index contributed by atoms with van der Waals surface area (Å²) in [5.41, 5.74) is 5.96. The Morgan fingerprint density at radius 3 is 3.05 bits per heavy atom. The first-order chi connectivity index (χ1) is 10.5. The van der Waals surface area contributed by atoms with E-state index in [1.165, 1.54) is 0 Å². The fourth-order valence-electron chi connectivity index (χ4n) is 2.66. The largest absolute Gasteiger partial charge is 0.492 e. The van der Waals surface area contributed by atoms with Crippen molar-refractivity contribution in [3.8, 4) is 5.75 Å². The van der Waals surface area contributed by atoms with Crippen LogP contribution in [0.4, 0.5) is 0 Å². The van der Waals surface area contributed by atoms with E-state index in [0.29, 0.717) is 29.7 Å². The normalized spacial score (nSPS) is 19.8. The molecule has 0 spiro atoms. The van der Waals surface area contributed by atoms with Gasteiger partial charge in [-0.15, -0.1) is 0 Å². The number of piperidine rings is 1. The monoisotopic (exact) mass is 388 g/mol. The summed E-state index contributed by atoms with van der Waals surface area (Å²) in [5, 5.41) is 0.644. The molecular formula is C16H22BrClN2O2. The SMILES string of the molecule is C[C@@H](N)[C@@H]1CCCN(C(=O)CCOc2ccc(Cl)cc2Br)C1. The summed E-state index contributed by atoms with van der Waals surface area (Å²) >= 11 is 9.28. The van der Waals surface area contributed by atoms with Gasteiger partial charge in [0.05, 0.1) is 17.5 Å². The van der Waals surface area contributed by atoms with Crippen LogP contribution in [0.3, 0.4) is 0 Å².